The molecule has 4 nitrogen and oxygen atoms in total. The third-order valence-electron chi connectivity index (χ3n) is 4.79. The van der Waals surface area contributed by atoms with Crippen LogP contribution in [0.4, 0.5) is 0 Å². The van der Waals surface area contributed by atoms with Gasteiger partial charge in [-0.2, -0.15) is 0 Å². The smallest absolute Gasteiger partial charge is 0.306 e. The summed E-state index contributed by atoms with van der Waals surface area (Å²) in [6.45, 7) is 1.95. The van der Waals surface area contributed by atoms with Crippen molar-refractivity contribution < 1.29 is 19.8 Å². The molecular weight excluding hydrogens is 304 g/mol. The van der Waals surface area contributed by atoms with E-state index in [1.165, 1.54) is 64.2 Å². The van der Waals surface area contributed by atoms with Crippen LogP contribution in [0.1, 0.15) is 110 Å². The quantitative estimate of drug-likeness (QED) is 0.298. The van der Waals surface area contributed by atoms with Gasteiger partial charge in [0.05, 0.1) is 5.92 Å². The van der Waals surface area contributed by atoms with Gasteiger partial charge in [-0.05, 0) is 19.3 Å². The zero-order chi connectivity index (χ0) is 18.0. The first-order valence-corrected chi connectivity index (χ1v) is 10.0. The summed E-state index contributed by atoms with van der Waals surface area (Å²) in [5.41, 5.74) is 0. The van der Waals surface area contributed by atoms with E-state index in [4.69, 9.17) is 10.2 Å². The van der Waals surface area contributed by atoms with Crippen LogP contribution >= 0.6 is 0 Å². The van der Waals surface area contributed by atoms with E-state index in [1.54, 1.807) is 0 Å². The number of unbranched alkanes of at least 4 members (excludes halogenated alkanes) is 12. The fraction of sp³-hybridized carbons (Fsp3) is 0.900. The summed E-state index contributed by atoms with van der Waals surface area (Å²) in [6, 6.07) is 0. The van der Waals surface area contributed by atoms with Gasteiger partial charge in [0.1, 0.15) is 0 Å². The molecule has 2 N–H and O–H groups in total. The topological polar surface area (TPSA) is 74.6 Å². The van der Waals surface area contributed by atoms with Crippen molar-refractivity contribution in [2.24, 2.45) is 5.92 Å². The van der Waals surface area contributed by atoms with Crippen LogP contribution in [0.5, 0.6) is 0 Å². The fourth-order valence-electron chi connectivity index (χ4n) is 3.11. The van der Waals surface area contributed by atoms with Crippen molar-refractivity contribution >= 4 is 11.9 Å². The Bertz CT molecular complexity index is 315. The van der Waals surface area contributed by atoms with Gasteiger partial charge in [-0.3, -0.25) is 9.59 Å². The normalized spacial score (nSPS) is 12.2. The molecule has 0 aromatic rings. The van der Waals surface area contributed by atoms with Crippen LogP contribution in [0.25, 0.3) is 0 Å². The van der Waals surface area contributed by atoms with E-state index in [9.17, 15) is 9.59 Å². The molecule has 0 amide bonds. The Labute approximate surface area is 148 Å². The Morgan fingerprint density at radius 1 is 0.667 bits per heavy atom. The number of aliphatic carboxylic acids is 2. The predicted octanol–water partition coefficient (Wildman–Crippen LogP) is 6.03. The Kier molecular flexibility index (Phi) is 16.0. The summed E-state index contributed by atoms with van der Waals surface area (Å²) in [4.78, 5) is 21.3. The lowest BCUT2D eigenvalue weighted by molar-refractivity contribution is -0.142. The second-order valence-corrected chi connectivity index (χ2v) is 6.97. The molecule has 0 saturated carbocycles. The van der Waals surface area contributed by atoms with Crippen molar-refractivity contribution in [2.45, 2.75) is 110 Å². The number of hydrogen-bond acceptors (Lipinski definition) is 2. The molecule has 24 heavy (non-hydrogen) atoms. The number of carboxylic acids is 2. The Morgan fingerprint density at radius 3 is 1.38 bits per heavy atom. The van der Waals surface area contributed by atoms with Gasteiger partial charge in [-0.15, -0.1) is 0 Å². The molecule has 0 aliphatic heterocycles. The number of carbonyl (C=O) groups is 2. The molecular formula is C20H38O4. The highest BCUT2D eigenvalue weighted by Crippen LogP contribution is 2.16. The van der Waals surface area contributed by atoms with Crippen LogP contribution in [0, 0.1) is 5.92 Å². The molecule has 0 aliphatic carbocycles. The van der Waals surface area contributed by atoms with Crippen molar-refractivity contribution in [3.8, 4) is 0 Å². The van der Waals surface area contributed by atoms with Gasteiger partial charge in [0.15, 0.2) is 0 Å². The third kappa shape index (κ3) is 15.8. The second kappa shape index (κ2) is 16.8. The average Bonchev–Trinajstić information content (AvgIpc) is 2.54. The van der Waals surface area contributed by atoms with Crippen molar-refractivity contribution in [1.29, 1.82) is 0 Å². The van der Waals surface area contributed by atoms with Gasteiger partial charge in [-0.1, -0.05) is 84.0 Å². The van der Waals surface area contributed by atoms with E-state index >= 15 is 0 Å². The predicted molar refractivity (Wildman–Crippen MR) is 98.3 cm³/mol. The van der Waals surface area contributed by atoms with Crippen molar-refractivity contribution in [3.05, 3.63) is 0 Å². The molecule has 4 heteroatoms. The highest BCUT2D eigenvalue weighted by molar-refractivity contribution is 5.69. The number of rotatable bonds is 18. The van der Waals surface area contributed by atoms with Crippen molar-refractivity contribution in [2.75, 3.05) is 0 Å². The molecule has 0 aliphatic rings. The molecule has 1 atom stereocenters. The van der Waals surface area contributed by atoms with Crippen LogP contribution in [0.3, 0.4) is 0 Å². The van der Waals surface area contributed by atoms with Gasteiger partial charge in [-0.25, -0.2) is 0 Å². The van der Waals surface area contributed by atoms with Gasteiger partial charge in [0.2, 0.25) is 0 Å². The lowest BCUT2D eigenvalue weighted by Crippen LogP contribution is -2.12. The number of carboxylic acid groups (broad SMARTS) is 2. The monoisotopic (exact) mass is 342 g/mol. The third-order valence-corrected chi connectivity index (χ3v) is 4.79. The minimum atomic E-state index is -0.679. The molecule has 0 aromatic heterocycles. The van der Waals surface area contributed by atoms with Crippen LogP contribution < -0.4 is 0 Å². The maximum atomic E-state index is 10.9. The van der Waals surface area contributed by atoms with E-state index in [1.807, 2.05) is 6.92 Å². The Hall–Kier alpha value is -1.06. The SMILES string of the molecule is CCC(CCCCCCCCCCCCCCCC(=O)O)C(=O)O. The summed E-state index contributed by atoms with van der Waals surface area (Å²) >= 11 is 0. The standard InChI is InChI=1S/C20H38O4/c1-2-18(20(23)24)16-14-12-10-8-6-4-3-5-7-9-11-13-15-17-19(21)22/h18H,2-17H2,1H3,(H,21,22)(H,23,24). The lowest BCUT2D eigenvalue weighted by Gasteiger charge is -2.08. The molecule has 0 radical (unpaired) electrons. The van der Waals surface area contributed by atoms with Gasteiger partial charge in [0.25, 0.3) is 0 Å². The van der Waals surface area contributed by atoms with E-state index in [0.717, 1.165) is 32.1 Å². The summed E-state index contributed by atoms with van der Waals surface area (Å²) in [6.07, 6.45) is 17.4. The maximum absolute atomic E-state index is 10.9. The number of hydrogen-bond donors (Lipinski definition) is 2. The molecule has 0 aromatic carbocycles. The molecule has 142 valence electrons. The summed E-state index contributed by atoms with van der Waals surface area (Å²) in [5.74, 6) is -1.46. The molecule has 0 heterocycles. The molecule has 0 rings (SSSR count). The minimum absolute atomic E-state index is 0.144. The second-order valence-electron chi connectivity index (χ2n) is 6.97. The van der Waals surface area contributed by atoms with Gasteiger partial charge >= 0.3 is 11.9 Å². The first kappa shape index (κ1) is 22.9. The van der Waals surface area contributed by atoms with E-state index in [0.29, 0.717) is 6.42 Å². The molecule has 0 fully saturated rings. The van der Waals surface area contributed by atoms with Crippen LogP contribution in [0.15, 0.2) is 0 Å². The molecule has 0 spiro atoms. The summed E-state index contributed by atoms with van der Waals surface area (Å²) in [7, 11) is 0. The zero-order valence-corrected chi connectivity index (χ0v) is 15.6. The van der Waals surface area contributed by atoms with Crippen LogP contribution in [-0.2, 0) is 9.59 Å². The summed E-state index contributed by atoms with van der Waals surface area (Å²) in [5, 5.41) is 17.5. The molecule has 0 bridgehead atoms. The average molecular weight is 343 g/mol. The Balaban J connectivity index is 3.15. The van der Waals surface area contributed by atoms with E-state index in [-0.39, 0.29) is 5.92 Å². The van der Waals surface area contributed by atoms with Crippen molar-refractivity contribution in [3.63, 3.8) is 0 Å². The molecule has 0 saturated heterocycles. The highest BCUT2D eigenvalue weighted by Gasteiger charge is 2.13. The largest absolute Gasteiger partial charge is 0.481 e. The maximum Gasteiger partial charge on any atom is 0.306 e. The minimum Gasteiger partial charge on any atom is -0.481 e. The molecule has 1 unspecified atom stereocenters. The highest BCUT2D eigenvalue weighted by atomic mass is 16.4. The zero-order valence-electron chi connectivity index (χ0n) is 15.6. The van der Waals surface area contributed by atoms with E-state index in [2.05, 4.69) is 0 Å². The first-order chi connectivity index (χ1) is 11.6. The van der Waals surface area contributed by atoms with Gasteiger partial charge in [0, 0.05) is 6.42 Å². The van der Waals surface area contributed by atoms with Crippen LogP contribution in [0.2, 0.25) is 0 Å². The van der Waals surface area contributed by atoms with Crippen molar-refractivity contribution in [1.82, 2.24) is 0 Å². The first-order valence-electron chi connectivity index (χ1n) is 10.0. The Morgan fingerprint density at radius 2 is 1.04 bits per heavy atom. The summed E-state index contributed by atoms with van der Waals surface area (Å²) < 4.78 is 0. The van der Waals surface area contributed by atoms with E-state index < -0.39 is 11.9 Å². The van der Waals surface area contributed by atoms with Gasteiger partial charge < -0.3 is 10.2 Å². The fourth-order valence-corrected chi connectivity index (χ4v) is 3.11. The lowest BCUT2D eigenvalue weighted by atomic mass is 9.98. The van der Waals surface area contributed by atoms with Crippen LogP contribution in [-0.4, -0.2) is 22.2 Å².